The molecule has 0 aliphatic carbocycles. The van der Waals surface area contributed by atoms with Crippen molar-refractivity contribution in [2.75, 3.05) is 49.6 Å². The van der Waals surface area contributed by atoms with Gasteiger partial charge in [0.05, 0.1) is 23.4 Å². The number of ketones is 1. The van der Waals surface area contributed by atoms with Crippen LogP contribution >= 0.6 is 0 Å². The highest BCUT2D eigenvalue weighted by atomic mass is 16.6. The lowest BCUT2D eigenvalue weighted by molar-refractivity contribution is 0.0770. The molecule has 3 aliphatic rings. The van der Waals surface area contributed by atoms with E-state index >= 15 is 0 Å². The number of nitrogens with one attached hydrogen (secondary N) is 1. The molecule has 3 aromatic carbocycles. The number of hydrogen-bond donors (Lipinski definition) is 1. The van der Waals surface area contributed by atoms with E-state index in [9.17, 15) is 10.1 Å². The van der Waals surface area contributed by atoms with Crippen molar-refractivity contribution in [3.63, 3.8) is 0 Å². The number of carbonyl (C=O) groups is 1. The van der Waals surface area contributed by atoms with Crippen molar-refractivity contribution in [1.82, 2.24) is 4.90 Å². The van der Waals surface area contributed by atoms with E-state index < -0.39 is 0 Å². The molecule has 0 amide bonds. The van der Waals surface area contributed by atoms with Gasteiger partial charge in [0.2, 0.25) is 0 Å². The maximum absolute atomic E-state index is 14.0. The van der Waals surface area contributed by atoms with E-state index in [0.717, 1.165) is 61.9 Å². The largest absolute Gasteiger partial charge is 0.486 e. The van der Waals surface area contributed by atoms with Crippen molar-refractivity contribution in [1.29, 1.82) is 5.26 Å². The molecule has 1 N–H and O–H groups in total. The summed E-state index contributed by atoms with van der Waals surface area (Å²) in [4.78, 5) is 18.6. The summed E-state index contributed by atoms with van der Waals surface area (Å²) in [5.74, 6) is 1.71. The molecule has 6 rings (SSSR count). The first-order valence-electron chi connectivity index (χ1n) is 13.0. The van der Waals surface area contributed by atoms with E-state index in [1.54, 1.807) is 24.3 Å². The van der Waals surface area contributed by atoms with E-state index in [0.29, 0.717) is 24.3 Å². The van der Waals surface area contributed by atoms with Crippen molar-refractivity contribution in [2.45, 2.75) is 24.9 Å². The van der Waals surface area contributed by atoms with Crippen LogP contribution < -0.4 is 19.7 Å². The van der Waals surface area contributed by atoms with Crippen LogP contribution in [0.25, 0.3) is 0 Å². The number of rotatable bonds is 5. The number of para-hydroxylation sites is 2. The fourth-order valence-electron chi connectivity index (χ4n) is 5.73. The van der Waals surface area contributed by atoms with Crippen LogP contribution in [0.1, 0.15) is 27.9 Å². The van der Waals surface area contributed by atoms with Gasteiger partial charge in [-0.3, -0.25) is 9.69 Å². The number of benzene rings is 3. The predicted octanol–water partition coefficient (Wildman–Crippen LogP) is 4.13. The van der Waals surface area contributed by atoms with Gasteiger partial charge >= 0.3 is 0 Å². The van der Waals surface area contributed by atoms with Crippen LogP contribution in [0.2, 0.25) is 0 Å². The minimum Gasteiger partial charge on any atom is -0.486 e. The Morgan fingerprint density at radius 3 is 2.54 bits per heavy atom. The summed E-state index contributed by atoms with van der Waals surface area (Å²) in [5.41, 5.74) is 4.67. The molecule has 2 unspecified atom stereocenters. The Balaban J connectivity index is 1.25. The Bertz CT molecular complexity index is 1330. The molecular weight excluding hydrogens is 464 g/mol. The van der Waals surface area contributed by atoms with Gasteiger partial charge in [-0.2, -0.15) is 5.26 Å². The second-order valence-electron chi connectivity index (χ2n) is 9.77. The minimum absolute atomic E-state index is 0.00538. The first kappa shape index (κ1) is 23.4. The highest BCUT2D eigenvalue weighted by molar-refractivity contribution is 6.01. The SMILES string of the molecule is N#Cc1ccc(C(=O)C(C2CCc3ccccc3N2)N2CCN(c3cccc4c3OCCO4)CC2)cc1. The van der Waals surface area contributed by atoms with Gasteiger partial charge in [-0.25, -0.2) is 0 Å². The zero-order chi connectivity index (χ0) is 25.2. The first-order valence-corrected chi connectivity index (χ1v) is 13.0. The Labute approximate surface area is 217 Å². The molecule has 0 saturated carbocycles. The monoisotopic (exact) mass is 494 g/mol. The molecular formula is C30H30N4O3. The molecule has 7 nitrogen and oxygen atoms in total. The predicted molar refractivity (Wildman–Crippen MR) is 143 cm³/mol. The lowest BCUT2D eigenvalue weighted by Gasteiger charge is -2.44. The maximum Gasteiger partial charge on any atom is 0.184 e. The number of Topliss-reactive ketones (excluding diaryl/α,β-unsaturated/α-hetero) is 1. The van der Waals surface area contributed by atoms with Crippen molar-refractivity contribution >= 4 is 17.2 Å². The lowest BCUT2D eigenvalue weighted by Crippen LogP contribution is -2.58. The van der Waals surface area contributed by atoms with Crippen LogP contribution in [-0.4, -0.2) is 62.2 Å². The van der Waals surface area contributed by atoms with Crippen LogP contribution in [0.3, 0.4) is 0 Å². The fraction of sp³-hybridized carbons (Fsp3) is 0.333. The molecule has 1 fully saturated rings. The number of carbonyl (C=O) groups excluding carboxylic acids is 1. The Morgan fingerprint density at radius 1 is 0.946 bits per heavy atom. The third kappa shape index (κ3) is 4.61. The Kier molecular flexibility index (Phi) is 6.42. The molecule has 3 aliphatic heterocycles. The summed E-state index contributed by atoms with van der Waals surface area (Å²) in [6.45, 7) is 4.23. The van der Waals surface area contributed by atoms with E-state index in [4.69, 9.17) is 9.47 Å². The number of anilines is 2. The van der Waals surface area contributed by atoms with Crippen LogP contribution in [0, 0.1) is 11.3 Å². The normalized spacial score (nSPS) is 19.8. The molecule has 0 aromatic heterocycles. The molecule has 0 radical (unpaired) electrons. The van der Waals surface area contributed by atoms with Crippen molar-refractivity contribution in [2.24, 2.45) is 0 Å². The zero-order valence-electron chi connectivity index (χ0n) is 20.7. The zero-order valence-corrected chi connectivity index (χ0v) is 20.7. The van der Waals surface area contributed by atoms with Crippen molar-refractivity contribution < 1.29 is 14.3 Å². The van der Waals surface area contributed by atoms with E-state index in [2.05, 4.69) is 45.5 Å². The van der Waals surface area contributed by atoms with Gasteiger partial charge in [0.25, 0.3) is 0 Å². The first-order chi connectivity index (χ1) is 18.2. The van der Waals surface area contributed by atoms with Gasteiger partial charge in [0, 0.05) is 43.5 Å². The topological polar surface area (TPSA) is 77.8 Å². The quantitative estimate of drug-likeness (QED) is 0.535. The third-order valence-corrected chi connectivity index (χ3v) is 7.62. The highest BCUT2D eigenvalue weighted by Gasteiger charge is 2.38. The number of hydrogen-bond acceptors (Lipinski definition) is 7. The second-order valence-corrected chi connectivity index (χ2v) is 9.77. The van der Waals surface area contributed by atoms with Gasteiger partial charge in [-0.1, -0.05) is 36.4 Å². The standard InChI is InChI=1S/C30H30N4O3/c31-20-21-8-10-23(11-9-21)29(35)28(25-13-12-22-4-1-2-5-24(22)32-25)34-16-14-33(15-17-34)26-6-3-7-27-30(26)37-19-18-36-27/h1-11,25,28,32H,12-19H2. The number of nitrogens with zero attached hydrogens (tertiary/aromatic N) is 3. The Hall–Kier alpha value is -4.02. The summed E-state index contributed by atoms with van der Waals surface area (Å²) in [6.07, 6.45) is 1.83. The van der Waals surface area contributed by atoms with Crippen LogP contribution in [-0.2, 0) is 6.42 Å². The van der Waals surface area contributed by atoms with E-state index in [1.807, 2.05) is 18.2 Å². The van der Waals surface area contributed by atoms with Crippen molar-refractivity contribution in [3.8, 4) is 17.6 Å². The van der Waals surface area contributed by atoms with Gasteiger partial charge in [0.1, 0.15) is 13.2 Å². The highest BCUT2D eigenvalue weighted by Crippen LogP contribution is 2.40. The molecule has 0 bridgehead atoms. The summed E-state index contributed by atoms with van der Waals surface area (Å²) < 4.78 is 11.7. The van der Waals surface area contributed by atoms with Crippen LogP contribution in [0.4, 0.5) is 11.4 Å². The van der Waals surface area contributed by atoms with E-state index in [-0.39, 0.29) is 17.9 Å². The maximum atomic E-state index is 14.0. The van der Waals surface area contributed by atoms with E-state index in [1.165, 1.54) is 5.56 Å². The van der Waals surface area contributed by atoms with Crippen LogP contribution in [0.15, 0.2) is 66.7 Å². The Morgan fingerprint density at radius 2 is 1.73 bits per heavy atom. The average molecular weight is 495 g/mol. The molecule has 0 spiro atoms. The van der Waals surface area contributed by atoms with Gasteiger partial charge in [0.15, 0.2) is 17.3 Å². The number of fused-ring (bicyclic) bond motifs is 2. The number of nitriles is 1. The van der Waals surface area contributed by atoms with Crippen LogP contribution in [0.5, 0.6) is 11.5 Å². The third-order valence-electron chi connectivity index (χ3n) is 7.62. The second kappa shape index (κ2) is 10.2. The summed E-state index contributed by atoms with van der Waals surface area (Å²) in [6, 6.07) is 23.3. The molecule has 3 aromatic rings. The average Bonchev–Trinajstić information content (AvgIpc) is 2.97. The molecule has 1 saturated heterocycles. The number of ether oxygens (including phenoxy) is 2. The number of aryl methyl sites for hydroxylation is 1. The number of piperazine rings is 1. The smallest absolute Gasteiger partial charge is 0.184 e. The summed E-state index contributed by atoms with van der Waals surface area (Å²) in [7, 11) is 0. The van der Waals surface area contributed by atoms with Crippen molar-refractivity contribution in [3.05, 3.63) is 83.4 Å². The summed E-state index contributed by atoms with van der Waals surface area (Å²) >= 11 is 0. The molecule has 3 heterocycles. The molecule has 188 valence electrons. The van der Waals surface area contributed by atoms with Gasteiger partial charge < -0.3 is 19.7 Å². The minimum atomic E-state index is -0.298. The molecule has 2 atom stereocenters. The fourth-order valence-corrected chi connectivity index (χ4v) is 5.73. The summed E-state index contributed by atoms with van der Waals surface area (Å²) in [5, 5.41) is 12.9. The lowest BCUT2D eigenvalue weighted by atomic mass is 9.88. The molecule has 37 heavy (non-hydrogen) atoms. The van der Waals surface area contributed by atoms with Gasteiger partial charge in [-0.05, 0) is 48.7 Å². The van der Waals surface area contributed by atoms with Gasteiger partial charge in [-0.15, -0.1) is 0 Å². The molecule has 7 heteroatoms.